The Balaban J connectivity index is 2.43. The second-order valence-corrected chi connectivity index (χ2v) is 4.66. The summed E-state index contributed by atoms with van der Waals surface area (Å²) in [5.41, 5.74) is 6.08. The van der Waals surface area contributed by atoms with Crippen molar-refractivity contribution in [3.8, 4) is 0 Å². The van der Waals surface area contributed by atoms with Gasteiger partial charge in [0.1, 0.15) is 0 Å². The van der Waals surface area contributed by atoms with Crippen molar-refractivity contribution in [2.45, 2.75) is 20.4 Å². The number of aromatic nitrogens is 1. The number of rotatable bonds is 4. The third-order valence-electron chi connectivity index (χ3n) is 3.46. The molecule has 0 aliphatic heterocycles. The zero-order valence-electron chi connectivity index (χ0n) is 11.5. The lowest BCUT2D eigenvalue weighted by Crippen LogP contribution is -2.31. The number of hydrazine groups is 1. The van der Waals surface area contributed by atoms with Gasteiger partial charge in [-0.05, 0) is 31.5 Å². The van der Waals surface area contributed by atoms with Crippen LogP contribution in [-0.2, 0) is 6.54 Å². The Hall–Kier alpha value is -2.40. The van der Waals surface area contributed by atoms with Crippen molar-refractivity contribution in [2.75, 3.05) is 0 Å². The number of aldehydes is 1. The highest BCUT2D eigenvalue weighted by Crippen LogP contribution is 2.17. The van der Waals surface area contributed by atoms with E-state index < -0.39 is 0 Å². The van der Waals surface area contributed by atoms with E-state index in [0.717, 1.165) is 23.2 Å². The maximum Gasteiger partial charge on any atom is 0.265 e. The molecule has 1 aromatic carbocycles. The normalized spacial score (nSPS) is 10.3. The Morgan fingerprint density at radius 2 is 2.05 bits per heavy atom. The summed E-state index contributed by atoms with van der Waals surface area (Å²) in [5, 5.41) is 0. The predicted octanol–water partition coefficient (Wildman–Crippen LogP) is 1.57. The molecule has 20 heavy (non-hydrogen) atoms. The van der Waals surface area contributed by atoms with Crippen molar-refractivity contribution in [2.24, 2.45) is 5.84 Å². The van der Waals surface area contributed by atoms with E-state index in [4.69, 9.17) is 5.84 Å². The van der Waals surface area contributed by atoms with E-state index in [1.807, 2.05) is 36.6 Å². The SMILES string of the molecule is Cc1cc(C=O)c(C)n1Cc1ccccc1C(=O)NN. The van der Waals surface area contributed by atoms with Gasteiger partial charge in [-0.15, -0.1) is 0 Å². The number of carbonyl (C=O) groups is 2. The molecule has 0 saturated heterocycles. The Morgan fingerprint density at radius 1 is 1.35 bits per heavy atom. The molecule has 3 N–H and O–H groups in total. The van der Waals surface area contributed by atoms with Gasteiger partial charge >= 0.3 is 0 Å². The van der Waals surface area contributed by atoms with Crippen LogP contribution in [0.4, 0.5) is 0 Å². The summed E-state index contributed by atoms with van der Waals surface area (Å²) in [6.45, 7) is 4.35. The first-order valence-corrected chi connectivity index (χ1v) is 6.29. The minimum absolute atomic E-state index is 0.321. The molecule has 5 nitrogen and oxygen atoms in total. The van der Waals surface area contributed by atoms with Crippen LogP contribution in [-0.4, -0.2) is 16.8 Å². The van der Waals surface area contributed by atoms with E-state index in [1.54, 1.807) is 12.1 Å². The highest BCUT2D eigenvalue weighted by molar-refractivity contribution is 5.95. The second kappa shape index (κ2) is 5.71. The zero-order chi connectivity index (χ0) is 14.7. The number of benzene rings is 1. The summed E-state index contributed by atoms with van der Waals surface area (Å²) < 4.78 is 2.01. The van der Waals surface area contributed by atoms with Crippen molar-refractivity contribution in [3.05, 3.63) is 58.4 Å². The fourth-order valence-electron chi connectivity index (χ4n) is 2.32. The molecule has 0 radical (unpaired) electrons. The molecule has 2 rings (SSSR count). The monoisotopic (exact) mass is 271 g/mol. The molecule has 0 unspecified atom stereocenters. The maximum atomic E-state index is 11.8. The van der Waals surface area contributed by atoms with Crippen molar-refractivity contribution < 1.29 is 9.59 Å². The van der Waals surface area contributed by atoms with E-state index >= 15 is 0 Å². The van der Waals surface area contributed by atoms with Crippen molar-refractivity contribution in [1.29, 1.82) is 0 Å². The standard InChI is InChI=1S/C15H17N3O2/c1-10-7-13(9-19)11(2)18(10)8-12-5-3-4-6-14(12)15(20)17-16/h3-7,9H,8,16H2,1-2H3,(H,17,20). The Bertz CT molecular complexity index is 659. The third-order valence-corrected chi connectivity index (χ3v) is 3.46. The molecule has 0 fully saturated rings. The van der Waals surface area contributed by atoms with Crippen molar-refractivity contribution in [3.63, 3.8) is 0 Å². The summed E-state index contributed by atoms with van der Waals surface area (Å²) in [6, 6.07) is 9.11. The summed E-state index contributed by atoms with van der Waals surface area (Å²) in [5.74, 6) is 4.88. The Labute approximate surface area is 117 Å². The van der Waals surface area contributed by atoms with Crippen LogP contribution in [0.15, 0.2) is 30.3 Å². The molecular weight excluding hydrogens is 254 g/mol. The fourth-order valence-corrected chi connectivity index (χ4v) is 2.32. The van der Waals surface area contributed by atoms with Gasteiger partial charge in [-0.25, -0.2) is 5.84 Å². The number of nitrogens with two attached hydrogens (primary N) is 1. The second-order valence-electron chi connectivity index (χ2n) is 4.66. The van der Waals surface area contributed by atoms with Gasteiger partial charge in [0, 0.05) is 29.1 Å². The van der Waals surface area contributed by atoms with Gasteiger partial charge in [-0.1, -0.05) is 18.2 Å². The van der Waals surface area contributed by atoms with Gasteiger partial charge < -0.3 is 4.57 Å². The number of aryl methyl sites for hydroxylation is 1. The maximum absolute atomic E-state index is 11.8. The van der Waals surface area contributed by atoms with Crippen LogP contribution in [0.1, 0.15) is 37.7 Å². The Kier molecular flexibility index (Phi) is 4.00. The molecule has 0 aliphatic carbocycles. The first kappa shape index (κ1) is 14.0. The molecule has 0 spiro atoms. The zero-order valence-corrected chi connectivity index (χ0v) is 11.5. The average Bonchev–Trinajstić information content (AvgIpc) is 2.74. The fraction of sp³-hybridized carbons (Fsp3) is 0.200. The smallest absolute Gasteiger partial charge is 0.265 e. The molecule has 1 amide bonds. The number of hydrogen-bond acceptors (Lipinski definition) is 3. The molecule has 0 saturated carbocycles. The van der Waals surface area contributed by atoms with E-state index in [9.17, 15) is 9.59 Å². The minimum atomic E-state index is -0.321. The first-order chi connectivity index (χ1) is 9.58. The number of nitrogens with one attached hydrogen (secondary N) is 1. The summed E-state index contributed by atoms with van der Waals surface area (Å²) >= 11 is 0. The minimum Gasteiger partial charge on any atom is -0.344 e. The molecular formula is C15H17N3O2. The summed E-state index contributed by atoms with van der Waals surface area (Å²) in [7, 11) is 0. The van der Waals surface area contributed by atoms with Crippen LogP contribution in [0.5, 0.6) is 0 Å². The van der Waals surface area contributed by atoms with Gasteiger partial charge in [-0.3, -0.25) is 15.0 Å². The summed E-state index contributed by atoms with van der Waals surface area (Å²) in [4.78, 5) is 22.7. The lowest BCUT2D eigenvalue weighted by molar-refractivity contribution is 0.0952. The number of nitrogen functional groups attached to an aromatic ring is 1. The van der Waals surface area contributed by atoms with Crippen LogP contribution < -0.4 is 11.3 Å². The van der Waals surface area contributed by atoms with Crippen molar-refractivity contribution in [1.82, 2.24) is 9.99 Å². The number of hydrogen-bond donors (Lipinski definition) is 2. The molecule has 0 bridgehead atoms. The van der Waals surface area contributed by atoms with Crippen LogP contribution in [0.25, 0.3) is 0 Å². The molecule has 2 aromatic rings. The topological polar surface area (TPSA) is 77.1 Å². The third kappa shape index (κ3) is 2.48. The first-order valence-electron chi connectivity index (χ1n) is 6.29. The summed E-state index contributed by atoms with van der Waals surface area (Å²) in [6.07, 6.45) is 0.845. The quantitative estimate of drug-likeness (QED) is 0.383. The molecule has 104 valence electrons. The average molecular weight is 271 g/mol. The van der Waals surface area contributed by atoms with Gasteiger partial charge in [0.05, 0.1) is 0 Å². The van der Waals surface area contributed by atoms with Gasteiger partial charge in [0.25, 0.3) is 5.91 Å². The lowest BCUT2D eigenvalue weighted by Gasteiger charge is -2.13. The highest BCUT2D eigenvalue weighted by Gasteiger charge is 2.13. The molecule has 0 aliphatic rings. The van der Waals surface area contributed by atoms with Gasteiger partial charge in [0.2, 0.25) is 0 Å². The van der Waals surface area contributed by atoms with E-state index in [2.05, 4.69) is 5.43 Å². The van der Waals surface area contributed by atoms with Crippen LogP contribution in [0.3, 0.4) is 0 Å². The lowest BCUT2D eigenvalue weighted by atomic mass is 10.1. The largest absolute Gasteiger partial charge is 0.344 e. The van der Waals surface area contributed by atoms with E-state index in [-0.39, 0.29) is 5.91 Å². The van der Waals surface area contributed by atoms with E-state index in [0.29, 0.717) is 17.7 Å². The van der Waals surface area contributed by atoms with Gasteiger partial charge in [-0.2, -0.15) is 0 Å². The number of nitrogens with zero attached hydrogens (tertiary/aromatic N) is 1. The van der Waals surface area contributed by atoms with Crippen LogP contribution in [0, 0.1) is 13.8 Å². The molecule has 1 aromatic heterocycles. The highest BCUT2D eigenvalue weighted by atomic mass is 16.2. The molecule has 1 heterocycles. The van der Waals surface area contributed by atoms with Crippen molar-refractivity contribution >= 4 is 12.2 Å². The number of carbonyl (C=O) groups excluding carboxylic acids is 2. The van der Waals surface area contributed by atoms with E-state index in [1.165, 1.54) is 0 Å². The molecule has 0 atom stereocenters. The van der Waals surface area contributed by atoms with Crippen LogP contribution >= 0.6 is 0 Å². The van der Waals surface area contributed by atoms with Crippen LogP contribution in [0.2, 0.25) is 0 Å². The predicted molar refractivity (Wildman–Crippen MR) is 76.5 cm³/mol. The van der Waals surface area contributed by atoms with Gasteiger partial charge in [0.15, 0.2) is 6.29 Å². The molecule has 5 heteroatoms. The Morgan fingerprint density at radius 3 is 2.65 bits per heavy atom. The number of amides is 1.